The number of halogens is 1. The van der Waals surface area contributed by atoms with E-state index in [1.54, 1.807) is 7.05 Å². The number of hydrogen-bond donors (Lipinski definition) is 3. The lowest BCUT2D eigenvalue weighted by Gasteiger charge is -2.13. The number of aryl methyl sites for hydroxylation is 1. The van der Waals surface area contributed by atoms with Crippen LogP contribution in [-0.4, -0.2) is 34.1 Å². The van der Waals surface area contributed by atoms with Crippen LogP contribution in [0.15, 0.2) is 72.1 Å². The van der Waals surface area contributed by atoms with Gasteiger partial charge in [-0.15, -0.1) is 24.0 Å². The summed E-state index contributed by atoms with van der Waals surface area (Å²) in [4.78, 5) is 12.2. The second-order valence-electron chi connectivity index (χ2n) is 7.37. The van der Waals surface area contributed by atoms with Gasteiger partial charge in [-0.1, -0.05) is 42.5 Å². The molecule has 0 unspecified atom stereocenters. The van der Waals surface area contributed by atoms with Crippen LogP contribution in [0.1, 0.15) is 22.5 Å². The molecular weight excluding hydrogens is 499 g/mol. The van der Waals surface area contributed by atoms with Crippen LogP contribution < -0.4 is 10.6 Å². The first-order valence-electron chi connectivity index (χ1n) is 10.3. The first-order chi connectivity index (χ1) is 14.7. The Hall–Kier alpha value is -2.81. The zero-order chi connectivity index (χ0) is 20.8. The molecule has 0 bridgehead atoms. The summed E-state index contributed by atoms with van der Waals surface area (Å²) in [6.07, 6.45) is 6.89. The number of H-pyrrole nitrogens is 1. The molecule has 0 fully saturated rings. The SMILES string of the molecule is CN=C(NCCc1c[nH]c2cccc(C)c12)NCc1nccn1Cc1ccccc1.I. The van der Waals surface area contributed by atoms with Crippen molar-refractivity contribution >= 4 is 40.8 Å². The Morgan fingerprint density at radius 1 is 1.10 bits per heavy atom. The lowest BCUT2D eigenvalue weighted by molar-refractivity contribution is 0.687. The van der Waals surface area contributed by atoms with E-state index >= 15 is 0 Å². The van der Waals surface area contributed by atoms with Crippen LogP contribution in [0, 0.1) is 6.92 Å². The molecule has 0 saturated heterocycles. The van der Waals surface area contributed by atoms with Crippen molar-refractivity contribution in [3.63, 3.8) is 0 Å². The van der Waals surface area contributed by atoms with Crippen molar-refractivity contribution in [3.05, 3.63) is 89.6 Å². The lowest BCUT2D eigenvalue weighted by Crippen LogP contribution is -2.38. The van der Waals surface area contributed by atoms with E-state index in [9.17, 15) is 0 Å². The molecule has 0 atom stereocenters. The number of nitrogens with zero attached hydrogens (tertiary/aromatic N) is 3. The summed E-state index contributed by atoms with van der Waals surface area (Å²) in [5.74, 6) is 1.76. The van der Waals surface area contributed by atoms with Gasteiger partial charge >= 0.3 is 0 Å². The molecule has 0 aliphatic carbocycles. The molecule has 0 aliphatic rings. The molecule has 4 rings (SSSR count). The minimum atomic E-state index is 0. The molecule has 6 nitrogen and oxygen atoms in total. The second-order valence-corrected chi connectivity index (χ2v) is 7.37. The fourth-order valence-electron chi connectivity index (χ4n) is 3.78. The predicted molar refractivity (Wildman–Crippen MR) is 138 cm³/mol. The number of benzene rings is 2. The standard InChI is InChI=1S/C24H28N6.HI/c1-18-7-6-10-21-23(18)20(15-28-21)11-12-27-24(25-2)29-16-22-26-13-14-30(22)17-19-8-4-3-5-9-19;/h3-10,13-15,28H,11-12,16-17H2,1-2H3,(H2,25,27,29);1H. The number of guanidine groups is 1. The molecule has 0 radical (unpaired) electrons. The number of rotatable bonds is 7. The van der Waals surface area contributed by atoms with Gasteiger partial charge in [-0.25, -0.2) is 4.98 Å². The quantitative estimate of drug-likeness (QED) is 0.191. The molecule has 4 aromatic rings. The molecule has 0 saturated carbocycles. The Balaban J connectivity index is 0.00000272. The number of aromatic nitrogens is 3. The van der Waals surface area contributed by atoms with Crippen molar-refractivity contribution in [2.75, 3.05) is 13.6 Å². The van der Waals surface area contributed by atoms with E-state index in [0.717, 1.165) is 31.3 Å². The maximum Gasteiger partial charge on any atom is 0.191 e. The largest absolute Gasteiger partial charge is 0.361 e. The topological polar surface area (TPSA) is 70.0 Å². The van der Waals surface area contributed by atoms with Crippen molar-refractivity contribution < 1.29 is 0 Å². The van der Waals surface area contributed by atoms with Gasteiger partial charge in [0, 0.05) is 49.6 Å². The number of nitrogens with one attached hydrogen (secondary N) is 3. The van der Waals surface area contributed by atoms with Gasteiger partial charge < -0.3 is 20.2 Å². The van der Waals surface area contributed by atoms with E-state index in [1.165, 1.54) is 27.6 Å². The predicted octanol–water partition coefficient (Wildman–Crippen LogP) is 4.25. The molecule has 2 heterocycles. The van der Waals surface area contributed by atoms with Gasteiger partial charge in [0.2, 0.25) is 0 Å². The van der Waals surface area contributed by atoms with Gasteiger partial charge in [-0.2, -0.15) is 0 Å². The first kappa shape index (κ1) is 22.9. The highest BCUT2D eigenvalue weighted by molar-refractivity contribution is 14.0. The van der Waals surface area contributed by atoms with E-state index in [0.29, 0.717) is 6.54 Å². The van der Waals surface area contributed by atoms with Crippen molar-refractivity contribution in [1.82, 2.24) is 25.2 Å². The Morgan fingerprint density at radius 3 is 2.74 bits per heavy atom. The molecule has 2 aromatic heterocycles. The van der Waals surface area contributed by atoms with Crippen LogP contribution in [0.5, 0.6) is 0 Å². The maximum atomic E-state index is 4.50. The molecule has 2 aromatic carbocycles. The molecule has 0 aliphatic heterocycles. The number of aromatic amines is 1. The van der Waals surface area contributed by atoms with Crippen LogP contribution in [0.4, 0.5) is 0 Å². The average Bonchev–Trinajstić information content (AvgIpc) is 3.39. The van der Waals surface area contributed by atoms with Crippen molar-refractivity contribution in [2.45, 2.75) is 26.4 Å². The van der Waals surface area contributed by atoms with Crippen LogP contribution in [-0.2, 0) is 19.5 Å². The van der Waals surface area contributed by atoms with Gasteiger partial charge in [-0.05, 0) is 36.1 Å². The molecule has 162 valence electrons. The van der Waals surface area contributed by atoms with Crippen molar-refractivity contribution in [1.29, 1.82) is 0 Å². The normalized spacial score (nSPS) is 11.4. The van der Waals surface area contributed by atoms with Crippen LogP contribution in [0.2, 0.25) is 0 Å². The minimum absolute atomic E-state index is 0. The molecular formula is C24H29IN6. The van der Waals surface area contributed by atoms with Crippen molar-refractivity contribution in [3.8, 4) is 0 Å². The summed E-state index contributed by atoms with van der Waals surface area (Å²) in [7, 11) is 1.79. The number of aliphatic imine (C=N–C) groups is 1. The Morgan fingerprint density at radius 2 is 1.94 bits per heavy atom. The summed E-state index contributed by atoms with van der Waals surface area (Å²) in [5.41, 5.74) is 5.08. The highest BCUT2D eigenvalue weighted by Crippen LogP contribution is 2.22. The van der Waals surface area contributed by atoms with Crippen molar-refractivity contribution in [2.24, 2.45) is 4.99 Å². The Kier molecular flexibility index (Phi) is 8.11. The lowest BCUT2D eigenvalue weighted by atomic mass is 10.1. The van der Waals surface area contributed by atoms with Crippen LogP contribution in [0.25, 0.3) is 10.9 Å². The molecule has 3 N–H and O–H groups in total. The smallest absolute Gasteiger partial charge is 0.191 e. The van der Waals surface area contributed by atoms with Gasteiger partial charge in [0.1, 0.15) is 5.82 Å². The number of hydrogen-bond acceptors (Lipinski definition) is 2. The van der Waals surface area contributed by atoms with Gasteiger partial charge in [0.05, 0.1) is 6.54 Å². The van der Waals surface area contributed by atoms with Gasteiger partial charge in [-0.3, -0.25) is 4.99 Å². The third-order valence-electron chi connectivity index (χ3n) is 5.32. The Bertz CT molecular complexity index is 1130. The molecule has 7 heteroatoms. The fourth-order valence-corrected chi connectivity index (χ4v) is 3.78. The summed E-state index contributed by atoms with van der Waals surface area (Å²) in [5, 5.41) is 8.11. The highest BCUT2D eigenvalue weighted by atomic mass is 127. The maximum absolute atomic E-state index is 4.50. The summed E-state index contributed by atoms with van der Waals surface area (Å²) >= 11 is 0. The fraction of sp³-hybridized carbons (Fsp3) is 0.250. The summed E-state index contributed by atoms with van der Waals surface area (Å²) in [6, 6.07) is 16.8. The molecule has 31 heavy (non-hydrogen) atoms. The number of imidazole rings is 1. The zero-order valence-electron chi connectivity index (χ0n) is 17.9. The highest BCUT2D eigenvalue weighted by Gasteiger charge is 2.08. The van der Waals surface area contributed by atoms with E-state index in [-0.39, 0.29) is 24.0 Å². The summed E-state index contributed by atoms with van der Waals surface area (Å²) < 4.78 is 2.16. The third-order valence-corrected chi connectivity index (χ3v) is 5.32. The van der Waals surface area contributed by atoms with Crippen LogP contribution >= 0.6 is 24.0 Å². The number of fused-ring (bicyclic) bond motifs is 1. The Labute approximate surface area is 200 Å². The summed E-state index contributed by atoms with van der Waals surface area (Å²) in [6.45, 7) is 4.39. The van der Waals surface area contributed by atoms with Gasteiger partial charge in [0.25, 0.3) is 0 Å². The monoisotopic (exact) mass is 528 g/mol. The van der Waals surface area contributed by atoms with E-state index < -0.39 is 0 Å². The average molecular weight is 528 g/mol. The zero-order valence-corrected chi connectivity index (χ0v) is 20.3. The third kappa shape index (κ3) is 5.66. The van der Waals surface area contributed by atoms with E-state index in [2.05, 4.69) is 85.7 Å². The molecule has 0 spiro atoms. The minimum Gasteiger partial charge on any atom is -0.361 e. The van der Waals surface area contributed by atoms with Crippen LogP contribution in [0.3, 0.4) is 0 Å². The van der Waals surface area contributed by atoms with E-state index in [4.69, 9.17) is 0 Å². The second kappa shape index (κ2) is 11.0. The van der Waals surface area contributed by atoms with E-state index in [1.807, 2.05) is 18.5 Å². The van der Waals surface area contributed by atoms with Gasteiger partial charge in [0.15, 0.2) is 5.96 Å². The first-order valence-corrected chi connectivity index (χ1v) is 10.3. The molecule has 0 amide bonds.